The van der Waals surface area contributed by atoms with E-state index in [0.29, 0.717) is 0 Å². The average Bonchev–Trinajstić information content (AvgIpc) is 2.13. The van der Waals surface area contributed by atoms with E-state index in [0.717, 1.165) is 0 Å². The number of carbonyl (C=O) groups is 2. The Bertz CT molecular complexity index is 351. The van der Waals surface area contributed by atoms with Crippen LogP contribution in [0, 0.1) is 0 Å². The average molecular weight is 260 g/mol. The Kier molecular flexibility index (Phi) is 9.43. The molecule has 0 radical (unpaired) electrons. The molecule has 0 rings (SSSR count). The Hall–Kier alpha value is -0.553. The Morgan fingerprint density at radius 2 is 1.65 bits per heavy atom. The normalized spacial score (nSPS) is 12.2. The zero-order chi connectivity index (χ0) is 12.8. The van der Waals surface area contributed by atoms with Gasteiger partial charge in [0, 0.05) is 0 Å². The number of esters is 2. The van der Waals surface area contributed by atoms with Gasteiger partial charge in [-0.05, 0) is 13.8 Å². The maximum absolute atomic E-state index is 11.1. The quantitative estimate of drug-likeness (QED) is 0.276. The molecule has 1 unspecified atom stereocenters. The third-order valence-corrected chi connectivity index (χ3v) is 2.61. The molecular formula is C8H13LiO7S. The summed E-state index contributed by atoms with van der Waals surface area (Å²) < 4.78 is 41.0. The van der Waals surface area contributed by atoms with E-state index in [-0.39, 0.29) is 32.1 Å². The smallest absolute Gasteiger partial charge is 0.747 e. The SMILES string of the molecule is CCOC(=O)CC(C(=O)OCC)S(=O)(=O)[O-].[Li+]. The molecule has 0 aliphatic rings. The van der Waals surface area contributed by atoms with E-state index in [1.165, 1.54) is 13.8 Å². The van der Waals surface area contributed by atoms with Crippen molar-refractivity contribution in [2.75, 3.05) is 13.2 Å². The van der Waals surface area contributed by atoms with Crippen LogP contribution in [0.2, 0.25) is 0 Å². The summed E-state index contributed by atoms with van der Waals surface area (Å²) in [4.78, 5) is 22.1. The molecule has 94 valence electrons. The summed E-state index contributed by atoms with van der Waals surface area (Å²) in [6.07, 6.45) is -0.821. The predicted octanol–water partition coefficient (Wildman–Crippen LogP) is -3.58. The van der Waals surface area contributed by atoms with Crippen molar-refractivity contribution in [1.82, 2.24) is 0 Å². The number of hydrogen-bond donors (Lipinski definition) is 0. The molecular weight excluding hydrogens is 247 g/mol. The fourth-order valence-electron chi connectivity index (χ4n) is 0.910. The summed E-state index contributed by atoms with van der Waals surface area (Å²) in [7, 11) is -4.93. The zero-order valence-electron chi connectivity index (χ0n) is 9.96. The molecule has 0 N–H and O–H groups in total. The van der Waals surface area contributed by atoms with Gasteiger partial charge in [-0.1, -0.05) is 0 Å². The molecule has 0 heterocycles. The van der Waals surface area contributed by atoms with Gasteiger partial charge in [-0.15, -0.1) is 0 Å². The van der Waals surface area contributed by atoms with Gasteiger partial charge in [0.2, 0.25) is 0 Å². The van der Waals surface area contributed by atoms with Crippen LogP contribution in [-0.2, 0) is 29.2 Å². The topological polar surface area (TPSA) is 110 Å². The molecule has 7 nitrogen and oxygen atoms in total. The minimum absolute atomic E-state index is 0. The molecule has 17 heavy (non-hydrogen) atoms. The van der Waals surface area contributed by atoms with E-state index in [4.69, 9.17) is 0 Å². The Balaban J connectivity index is 0. The molecule has 1 atom stereocenters. The second kappa shape index (κ2) is 8.53. The molecule has 0 aromatic heterocycles. The van der Waals surface area contributed by atoms with Gasteiger partial charge in [0.1, 0.15) is 10.1 Å². The summed E-state index contributed by atoms with van der Waals surface area (Å²) in [6.45, 7) is 2.93. The third-order valence-electron chi connectivity index (χ3n) is 1.56. The standard InChI is InChI=1S/C8H14O7S.Li/c1-3-14-7(9)5-6(16(11,12)13)8(10)15-4-2;/h6H,3-5H2,1-2H3,(H,11,12,13);/q;+1/p-1. The Labute approximate surface area is 112 Å². The van der Waals surface area contributed by atoms with Gasteiger partial charge in [-0.2, -0.15) is 0 Å². The van der Waals surface area contributed by atoms with Crippen LogP contribution in [0.5, 0.6) is 0 Å². The largest absolute Gasteiger partial charge is 1.00 e. The molecule has 0 amide bonds. The van der Waals surface area contributed by atoms with Crippen molar-refractivity contribution in [2.45, 2.75) is 25.5 Å². The second-order valence-electron chi connectivity index (χ2n) is 2.74. The summed E-state index contributed by atoms with van der Waals surface area (Å²) in [5, 5.41) is -2.04. The second-order valence-corrected chi connectivity index (χ2v) is 4.30. The van der Waals surface area contributed by atoms with E-state index in [1.807, 2.05) is 0 Å². The number of rotatable bonds is 6. The van der Waals surface area contributed by atoms with E-state index in [9.17, 15) is 22.6 Å². The summed E-state index contributed by atoms with van der Waals surface area (Å²) in [6, 6.07) is 0. The van der Waals surface area contributed by atoms with Crippen molar-refractivity contribution >= 4 is 22.1 Å². The van der Waals surface area contributed by atoms with Crippen LogP contribution in [0.3, 0.4) is 0 Å². The first-order valence-corrected chi connectivity index (χ1v) is 6.07. The van der Waals surface area contributed by atoms with Crippen LogP contribution in [0.4, 0.5) is 0 Å². The summed E-state index contributed by atoms with van der Waals surface area (Å²) >= 11 is 0. The van der Waals surface area contributed by atoms with Gasteiger partial charge in [-0.25, -0.2) is 8.42 Å². The van der Waals surface area contributed by atoms with Gasteiger partial charge in [0.05, 0.1) is 19.6 Å². The molecule has 0 saturated carbocycles. The van der Waals surface area contributed by atoms with E-state index in [2.05, 4.69) is 9.47 Å². The zero-order valence-corrected chi connectivity index (χ0v) is 10.8. The molecule has 9 heteroatoms. The van der Waals surface area contributed by atoms with Gasteiger partial charge < -0.3 is 14.0 Å². The molecule has 0 aromatic rings. The number of carbonyl (C=O) groups excluding carboxylic acids is 2. The van der Waals surface area contributed by atoms with Crippen LogP contribution in [0.25, 0.3) is 0 Å². The molecule has 0 aliphatic carbocycles. The molecule has 0 fully saturated rings. The molecule has 0 aromatic carbocycles. The van der Waals surface area contributed by atoms with Crippen molar-refractivity contribution in [3.63, 3.8) is 0 Å². The third kappa shape index (κ3) is 7.39. The first-order valence-electron chi connectivity index (χ1n) is 4.59. The van der Waals surface area contributed by atoms with Crippen LogP contribution in [-0.4, -0.2) is 43.4 Å². The Morgan fingerprint density at radius 3 is 2.00 bits per heavy atom. The van der Waals surface area contributed by atoms with Crippen molar-refractivity contribution in [3.8, 4) is 0 Å². The fraction of sp³-hybridized carbons (Fsp3) is 0.750. The minimum Gasteiger partial charge on any atom is -0.747 e. The van der Waals surface area contributed by atoms with Crippen LogP contribution in [0.1, 0.15) is 20.3 Å². The summed E-state index contributed by atoms with van der Waals surface area (Å²) in [5.74, 6) is -2.16. The van der Waals surface area contributed by atoms with E-state index < -0.39 is 33.7 Å². The maximum atomic E-state index is 11.1. The maximum Gasteiger partial charge on any atom is 1.00 e. The van der Waals surface area contributed by atoms with E-state index in [1.54, 1.807) is 0 Å². The van der Waals surface area contributed by atoms with Gasteiger partial charge in [0.25, 0.3) is 0 Å². The van der Waals surface area contributed by atoms with Gasteiger partial charge in [0.15, 0.2) is 5.25 Å². The van der Waals surface area contributed by atoms with Crippen molar-refractivity contribution in [3.05, 3.63) is 0 Å². The van der Waals surface area contributed by atoms with Crippen molar-refractivity contribution < 1.29 is 50.9 Å². The number of hydrogen-bond acceptors (Lipinski definition) is 7. The minimum atomic E-state index is -4.93. The first-order chi connectivity index (χ1) is 7.32. The monoisotopic (exact) mass is 260 g/mol. The van der Waals surface area contributed by atoms with Crippen molar-refractivity contribution in [1.29, 1.82) is 0 Å². The molecule has 0 aliphatic heterocycles. The molecule has 0 saturated heterocycles. The predicted molar refractivity (Wildman–Crippen MR) is 51.4 cm³/mol. The van der Waals surface area contributed by atoms with Crippen LogP contribution >= 0.6 is 0 Å². The van der Waals surface area contributed by atoms with Crippen molar-refractivity contribution in [2.24, 2.45) is 0 Å². The Morgan fingerprint density at radius 1 is 1.18 bits per heavy atom. The van der Waals surface area contributed by atoms with Crippen LogP contribution < -0.4 is 18.9 Å². The summed E-state index contributed by atoms with van der Waals surface area (Å²) in [5.41, 5.74) is 0. The van der Waals surface area contributed by atoms with Crippen LogP contribution in [0.15, 0.2) is 0 Å². The van der Waals surface area contributed by atoms with E-state index >= 15 is 0 Å². The molecule has 0 bridgehead atoms. The first kappa shape index (κ1) is 18.8. The van der Waals surface area contributed by atoms with Gasteiger partial charge in [-0.3, -0.25) is 9.59 Å². The number of ether oxygens (including phenoxy) is 2. The van der Waals surface area contributed by atoms with Gasteiger partial charge >= 0.3 is 30.8 Å². The fourth-order valence-corrected chi connectivity index (χ4v) is 1.55. The molecule has 0 spiro atoms.